The van der Waals surface area contributed by atoms with Crippen LogP contribution in [0.4, 0.5) is 5.69 Å². The molecule has 5 nitrogen and oxygen atoms in total. The summed E-state index contributed by atoms with van der Waals surface area (Å²) < 4.78 is 2.09. The lowest BCUT2D eigenvalue weighted by Crippen LogP contribution is -2.02. The van der Waals surface area contributed by atoms with Crippen molar-refractivity contribution in [2.45, 2.75) is 6.54 Å². The van der Waals surface area contributed by atoms with E-state index in [0.29, 0.717) is 16.0 Å². The van der Waals surface area contributed by atoms with E-state index < -0.39 is 4.92 Å². The summed E-state index contributed by atoms with van der Waals surface area (Å²) in [4.78, 5) is 10.3. The Bertz CT molecular complexity index is 570. The smallest absolute Gasteiger partial charge is 0.267 e. The first-order valence-electron chi connectivity index (χ1n) is 4.67. The SMILES string of the molecule is O=[N+]([O-])c1cccc(Cn2cc(Cl)cn2)c1Br. The molecule has 1 aromatic carbocycles. The molecule has 0 N–H and O–H groups in total. The zero-order valence-electron chi connectivity index (χ0n) is 8.51. The number of hydrogen-bond acceptors (Lipinski definition) is 3. The Kier molecular flexibility index (Phi) is 3.44. The van der Waals surface area contributed by atoms with E-state index in [-0.39, 0.29) is 5.69 Å². The van der Waals surface area contributed by atoms with Gasteiger partial charge in [-0.2, -0.15) is 5.10 Å². The second-order valence-corrected chi connectivity index (χ2v) is 4.59. The molecule has 1 heterocycles. The number of nitro benzene ring substituents is 1. The van der Waals surface area contributed by atoms with Gasteiger partial charge in [-0.15, -0.1) is 0 Å². The summed E-state index contributed by atoms with van der Waals surface area (Å²) in [6, 6.07) is 4.89. The van der Waals surface area contributed by atoms with E-state index in [1.807, 2.05) is 0 Å². The molecule has 0 saturated carbocycles. The molecule has 0 aliphatic heterocycles. The van der Waals surface area contributed by atoms with Crippen molar-refractivity contribution in [3.05, 3.63) is 55.8 Å². The van der Waals surface area contributed by atoms with Crippen LogP contribution in [0.2, 0.25) is 5.02 Å². The first-order chi connectivity index (χ1) is 8.08. The molecule has 0 aliphatic rings. The number of nitrogens with zero attached hydrogens (tertiary/aromatic N) is 3. The van der Waals surface area contributed by atoms with Gasteiger partial charge in [0.15, 0.2) is 0 Å². The van der Waals surface area contributed by atoms with Gasteiger partial charge in [-0.05, 0) is 21.5 Å². The highest BCUT2D eigenvalue weighted by Crippen LogP contribution is 2.28. The van der Waals surface area contributed by atoms with Gasteiger partial charge < -0.3 is 0 Å². The van der Waals surface area contributed by atoms with Crippen LogP contribution in [0, 0.1) is 10.1 Å². The quantitative estimate of drug-likeness (QED) is 0.645. The molecule has 2 rings (SSSR count). The minimum Gasteiger partial charge on any atom is -0.267 e. The maximum absolute atomic E-state index is 10.8. The van der Waals surface area contributed by atoms with Crippen molar-refractivity contribution in [2.24, 2.45) is 0 Å². The summed E-state index contributed by atoms with van der Waals surface area (Å²) >= 11 is 8.98. The summed E-state index contributed by atoms with van der Waals surface area (Å²) in [5, 5.41) is 15.3. The lowest BCUT2D eigenvalue weighted by molar-refractivity contribution is -0.385. The number of rotatable bonds is 3. The van der Waals surface area contributed by atoms with Gasteiger partial charge in [-0.1, -0.05) is 23.7 Å². The molecule has 2 aromatic rings. The van der Waals surface area contributed by atoms with E-state index in [1.165, 1.54) is 12.3 Å². The monoisotopic (exact) mass is 315 g/mol. The molecular weight excluding hydrogens is 309 g/mol. The fourth-order valence-electron chi connectivity index (χ4n) is 1.43. The van der Waals surface area contributed by atoms with Crippen LogP contribution in [0.1, 0.15) is 5.56 Å². The minimum atomic E-state index is -0.427. The van der Waals surface area contributed by atoms with Crippen molar-refractivity contribution in [3.63, 3.8) is 0 Å². The van der Waals surface area contributed by atoms with Crippen molar-refractivity contribution < 1.29 is 4.92 Å². The van der Waals surface area contributed by atoms with Crippen LogP contribution < -0.4 is 0 Å². The fourth-order valence-corrected chi connectivity index (χ4v) is 2.12. The van der Waals surface area contributed by atoms with E-state index in [1.54, 1.807) is 23.0 Å². The third-order valence-corrected chi connectivity index (χ3v) is 3.30. The Balaban J connectivity index is 2.33. The molecule has 7 heteroatoms. The second-order valence-electron chi connectivity index (χ2n) is 3.36. The van der Waals surface area contributed by atoms with Crippen molar-refractivity contribution in [1.82, 2.24) is 9.78 Å². The summed E-state index contributed by atoms with van der Waals surface area (Å²) in [7, 11) is 0. The zero-order chi connectivity index (χ0) is 12.4. The number of halogens is 2. The third kappa shape index (κ3) is 2.65. The van der Waals surface area contributed by atoms with Gasteiger partial charge in [0, 0.05) is 12.3 Å². The van der Waals surface area contributed by atoms with Crippen molar-refractivity contribution in [1.29, 1.82) is 0 Å². The van der Waals surface area contributed by atoms with Crippen LogP contribution >= 0.6 is 27.5 Å². The molecule has 0 aliphatic carbocycles. The molecule has 0 unspecified atom stereocenters. The Labute approximate surface area is 110 Å². The van der Waals surface area contributed by atoms with Gasteiger partial charge >= 0.3 is 0 Å². The van der Waals surface area contributed by atoms with E-state index in [4.69, 9.17) is 11.6 Å². The fraction of sp³-hybridized carbons (Fsp3) is 0.100. The highest BCUT2D eigenvalue weighted by molar-refractivity contribution is 9.10. The molecule has 0 atom stereocenters. The second kappa shape index (κ2) is 4.85. The first-order valence-corrected chi connectivity index (χ1v) is 5.85. The van der Waals surface area contributed by atoms with E-state index in [2.05, 4.69) is 21.0 Å². The van der Waals surface area contributed by atoms with Crippen LogP contribution in [0.3, 0.4) is 0 Å². The summed E-state index contributed by atoms with van der Waals surface area (Å²) in [5.74, 6) is 0. The zero-order valence-corrected chi connectivity index (χ0v) is 10.8. The van der Waals surface area contributed by atoms with E-state index >= 15 is 0 Å². The number of hydrogen-bond donors (Lipinski definition) is 0. The number of nitro groups is 1. The van der Waals surface area contributed by atoms with Crippen molar-refractivity contribution >= 4 is 33.2 Å². The maximum Gasteiger partial charge on any atom is 0.283 e. The third-order valence-electron chi connectivity index (χ3n) is 2.19. The Morgan fingerprint density at radius 1 is 1.53 bits per heavy atom. The van der Waals surface area contributed by atoms with E-state index in [9.17, 15) is 10.1 Å². The Hall–Kier alpha value is -1.40. The van der Waals surface area contributed by atoms with Crippen LogP contribution in [0.15, 0.2) is 35.1 Å². The lowest BCUT2D eigenvalue weighted by atomic mass is 10.2. The molecule has 0 fully saturated rings. The van der Waals surface area contributed by atoms with Gasteiger partial charge in [-0.3, -0.25) is 14.8 Å². The van der Waals surface area contributed by atoms with Crippen molar-refractivity contribution in [3.8, 4) is 0 Å². The standard InChI is InChI=1S/C10H7BrClN3O2/c11-10-7(2-1-3-9(10)15(16)17)5-14-6-8(12)4-13-14/h1-4,6H,5H2. The molecule has 0 amide bonds. The van der Waals surface area contributed by atoms with Crippen molar-refractivity contribution in [2.75, 3.05) is 0 Å². The molecule has 0 spiro atoms. The maximum atomic E-state index is 10.8. The highest BCUT2D eigenvalue weighted by Gasteiger charge is 2.14. The molecule has 0 saturated heterocycles. The van der Waals surface area contributed by atoms with Crippen LogP contribution in [-0.4, -0.2) is 14.7 Å². The predicted molar refractivity (Wildman–Crippen MR) is 67.1 cm³/mol. The minimum absolute atomic E-state index is 0.0424. The Morgan fingerprint density at radius 2 is 2.29 bits per heavy atom. The summed E-state index contributed by atoms with van der Waals surface area (Å²) in [5.41, 5.74) is 0.819. The predicted octanol–water partition coefficient (Wildman–Crippen LogP) is 3.26. The van der Waals surface area contributed by atoms with Gasteiger partial charge in [0.25, 0.3) is 5.69 Å². The summed E-state index contributed by atoms with van der Waals surface area (Å²) in [6.07, 6.45) is 3.18. The molecular formula is C10H7BrClN3O2. The van der Waals surface area contributed by atoms with Gasteiger partial charge in [0.05, 0.1) is 22.7 Å². The lowest BCUT2D eigenvalue weighted by Gasteiger charge is -2.04. The molecule has 1 aromatic heterocycles. The molecule has 17 heavy (non-hydrogen) atoms. The summed E-state index contributed by atoms with van der Waals surface area (Å²) in [6.45, 7) is 0.426. The van der Waals surface area contributed by atoms with Gasteiger partial charge in [-0.25, -0.2) is 0 Å². The van der Waals surface area contributed by atoms with E-state index in [0.717, 1.165) is 5.56 Å². The van der Waals surface area contributed by atoms with Crippen LogP contribution in [0.5, 0.6) is 0 Å². The van der Waals surface area contributed by atoms with Gasteiger partial charge in [0.1, 0.15) is 4.47 Å². The molecule has 88 valence electrons. The largest absolute Gasteiger partial charge is 0.283 e. The molecule has 0 radical (unpaired) electrons. The Morgan fingerprint density at radius 3 is 2.88 bits per heavy atom. The first kappa shape index (κ1) is 12.1. The topological polar surface area (TPSA) is 61.0 Å². The number of aromatic nitrogens is 2. The average Bonchev–Trinajstić information content (AvgIpc) is 2.67. The highest BCUT2D eigenvalue weighted by atomic mass is 79.9. The van der Waals surface area contributed by atoms with Crippen LogP contribution in [-0.2, 0) is 6.54 Å². The van der Waals surface area contributed by atoms with Crippen LogP contribution in [0.25, 0.3) is 0 Å². The average molecular weight is 317 g/mol. The van der Waals surface area contributed by atoms with Gasteiger partial charge in [0.2, 0.25) is 0 Å². The number of benzene rings is 1. The normalized spacial score (nSPS) is 10.5. The molecule has 0 bridgehead atoms.